The van der Waals surface area contributed by atoms with Crippen molar-refractivity contribution in [2.75, 3.05) is 0 Å². The third kappa shape index (κ3) is 4.45. The van der Waals surface area contributed by atoms with Crippen molar-refractivity contribution in [1.29, 1.82) is 10.5 Å². The van der Waals surface area contributed by atoms with Gasteiger partial charge in [0, 0.05) is 5.56 Å². The zero-order chi connectivity index (χ0) is 21.9. The van der Waals surface area contributed by atoms with Crippen LogP contribution in [0, 0.1) is 22.7 Å². The number of hydrogen-bond donors (Lipinski definition) is 0. The van der Waals surface area contributed by atoms with Crippen LogP contribution in [0.2, 0.25) is 0 Å². The monoisotopic (exact) mass is 456 g/mol. The fourth-order valence-corrected chi connectivity index (χ4v) is 3.65. The van der Waals surface area contributed by atoms with E-state index in [0.717, 1.165) is 18.2 Å². The van der Waals surface area contributed by atoms with E-state index in [1.807, 2.05) is 0 Å². The molecule has 2 rings (SSSR count). The van der Waals surface area contributed by atoms with E-state index < -0.39 is 70.7 Å². The van der Waals surface area contributed by atoms with Gasteiger partial charge >= 0.3 is 20.4 Å². The zero-order valence-corrected chi connectivity index (χ0v) is 14.6. The molecule has 2 nitrogen and oxygen atoms in total. The number of nitrogens with zero attached hydrogens (tertiary/aromatic N) is 2. The van der Waals surface area contributed by atoms with E-state index in [2.05, 4.69) is 0 Å². The second-order valence-electron chi connectivity index (χ2n) is 5.58. The predicted octanol–water partition coefficient (Wildman–Crippen LogP) is 8.41. The van der Waals surface area contributed by atoms with Crippen LogP contribution < -0.4 is 0 Å². The van der Waals surface area contributed by atoms with Crippen LogP contribution in [-0.4, -0.2) is 0 Å². The molecule has 28 heavy (non-hydrogen) atoms. The summed E-state index contributed by atoms with van der Waals surface area (Å²) in [7, 11) is -21.6. The summed E-state index contributed by atoms with van der Waals surface area (Å²) in [5.74, 6) is 0. The van der Waals surface area contributed by atoms with Crippen molar-refractivity contribution in [1.82, 2.24) is 0 Å². The lowest BCUT2D eigenvalue weighted by Gasteiger charge is -2.44. The molecule has 0 unspecified atom stereocenters. The molecule has 0 aliphatic heterocycles. The molecule has 0 aliphatic carbocycles. The summed E-state index contributed by atoms with van der Waals surface area (Å²) in [5.41, 5.74) is -3.47. The van der Waals surface area contributed by atoms with Gasteiger partial charge in [-0.15, -0.1) is 0 Å². The first kappa shape index (κ1) is 21.7. The van der Waals surface area contributed by atoms with E-state index in [-0.39, 0.29) is 0 Å². The Bertz CT molecular complexity index is 1040. The minimum Gasteiger partial charge on any atom is -0.192 e. The molecule has 0 spiro atoms. The molecule has 0 aliphatic rings. The summed E-state index contributed by atoms with van der Waals surface area (Å²) in [6.45, 7) is 0. The van der Waals surface area contributed by atoms with Crippen LogP contribution in [0.5, 0.6) is 0 Å². The SMILES string of the molecule is N#Cc1cccc(-c2cc(S(F)(F)(F)(F)F)cc(S(F)(F)(F)(F)F)c2)c1C#N. The summed E-state index contributed by atoms with van der Waals surface area (Å²) in [6, 6.07) is 3.11. The van der Waals surface area contributed by atoms with Gasteiger partial charge in [-0.3, -0.25) is 0 Å². The van der Waals surface area contributed by atoms with Gasteiger partial charge in [0.2, 0.25) is 0 Å². The molecular weight excluding hydrogens is 450 g/mol. The third-order valence-corrected chi connectivity index (χ3v) is 5.63. The third-order valence-electron chi connectivity index (χ3n) is 3.38. The quantitative estimate of drug-likeness (QED) is 0.435. The molecular formula is C14H6F10N2S2. The van der Waals surface area contributed by atoms with Crippen LogP contribution in [0.25, 0.3) is 11.1 Å². The first-order valence-electron chi connectivity index (χ1n) is 6.62. The normalized spacial score (nSPS) is 17.3. The molecule has 2 aromatic rings. The van der Waals surface area contributed by atoms with Crippen molar-refractivity contribution in [2.24, 2.45) is 0 Å². The Morgan fingerprint density at radius 1 is 0.643 bits per heavy atom. The summed E-state index contributed by atoms with van der Waals surface area (Å²) < 4.78 is 131. The lowest BCUT2D eigenvalue weighted by molar-refractivity contribution is 0.360. The van der Waals surface area contributed by atoms with Gasteiger partial charge in [0.15, 0.2) is 0 Å². The van der Waals surface area contributed by atoms with Crippen molar-refractivity contribution in [3.05, 3.63) is 47.5 Å². The fourth-order valence-electron chi connectivity index (χ4n) is 2.18. The molecule has 0 saturated heterocycles. The summed E-state index contributed by atoms with van der Waals surface area (Å²) in [6.07, 6.45) is 0. The second-order valence-corrected chi connectivity index (χ2v) is 10.4. The smallest absolute Gasteiger partial charge is 0.192 e. The summed E-state index contributed by atoms with van der Waals surface area (Å²) in [4.78, 5) is -6.40. The van der Waals surface area contributed by atoms with E-state index in [1.54, 1.807) is 0 Å². The van der Waals surface area contributed by atoms with Crippen molar-refractivity contribution >= 4 is 20.4 Å². The number of benzene rings is 2. The van der Waals surface area contributed by atoms with Gasteiger partial charge in [-0.05, 0) is 29.8 Å². The standard InChI is InChI=1S/C14H6F10N2S2/c15-27(16,17,18,19)11-4-10(5-12(6-11)28(20,21,22,23)24)13-3-1-2-9(7-25)14(13)8-26/h1-6H. The van der Waals surface area contributed by atoms with Crippen molar-refractivity contribution in [2.45, 2.75) is 9.79 Å². The molecule has 2 aromatic carbocycles. The number of rotatable bonds is 3. The average molecular weight is 456 g/mol. The highest BCUT2D eigenvalue weighted by Crippen LogP contribution is 3.05. The van der Waals surface area contributed by atoms with E-state index in [4.69, 9.17) is 10.5 Å². The van der Waals surface area contributed by atoms with Gasteiger partial charge < -0.3 is 0 Å². The van der Waals surface area contributed by atoms with Crippen molar-refractivity contribution in [3.8, 4) is 23.3 Å². The van der Waals surface area contributed by atoms with E-state index >= 15 is 0 Å². The maximum Gasteiger partial charge on any atom is 0.310 e. The molecule has 0 fully saturated rings. The number of hydrogen-bond acceptors (Lipinski definition) is 2. The molecule has 0 heterocycles. The highest BCUT2D eigenvalue weighted by Gasteiger charge is 2.69. The fraction of sp³-hybridized carbons (Fsp3) is 0. The Morgan fingerprint density at radius 2 is 1.11 bits per heavy atom. The van der Waals surface area contributed by atoms with Gasteiger partial charge in [0.05, 0.1) is 11.1 Å². The van der Waals surface area contributed by atoms with E-state index in [0.29, 0.717) is 0 Å². The van der Waals surface area contributed by atoms with Crippen LogP contribution in [0.1, 0.15) is 11.1 Å². The first-order valence-corrected chi connectivity index (χ1v) is 10.5. The van der Waals surface area contributed by atoms with E-state index in [9.17, 15) is 38.9 Å². The Morgan fingerprint density at radius 3 is 1.46 bits per heavy atom. The van der Waals surface area contributed by atoms with Gasteiger partial charge in [0.25, 0.3) is 0 Å². The molecule has 0 N–H and O–H groups in total. The maximum atomic E-state index is 13.1. The molecule has 0 radical (unpaired) electrons. The zero-order valence-electron chi connectivity index (χ0n) is 13.0. The molecule has 154 valence electrons. The molecule has 0 aromatic heterocycles. The van der Waals surface area contributed by atoms with Crippen molar-refractivity contribution in [3.63, 3.8) is 0 Å². The van der Waals surface area contributed by atoms with Gasteiger partial charge in [-0.1, -0.05) is 51.0 Å². The average Bonchev–Trinajstić information content (AvgIpc) is 2.49. The molecule has 14 heteroatoms. The second kappa shape index (κ2) is 4.69. The van der Waals surface area contributed by atoms with Gasteiger partial charge in [0.1, 0.15) is 21.9 Å². The summed E-state index contributed by atoms with van der Waals surface area (Å²) in [5, 5.41) is 17.9. The number of nitriles is 2. The van der Waals surface area contributed by atoms with Crippen LogP contribution in [0.15, 0.2) is 46.2 Å². The minimum atomic E-state index is -10.8. The van der Waals surface area contributed by atoms with Crippen LogP contribution >= 0.6 is 20.4 Å². The van der Waals surface area contributed by atoms with Crippen molar-refractivity contribution < 1.29 is 38.9 Å². The summed E-state index contributed by atoms with van der Waals surface area (Å²) >= 11 is 0. The highest BCUT2D eigenvalue weighted by molar-refractivity contribution is 8.46. The van der Waals surface area contributed by atoms with Crippen LogP contribution in [0.3, 0.4) is 0 Å². The molecule has 0 saturated carbocycles. The van der Waals surface area contributed by atoms with Crippen LogP contribution in [0.4, 0.5) is 38.9 Å². The Labute approximate surface area is 151 Å². The Hall–Kier alpha value is -2.58. The van der Waals surface area contributed by atoms with Crippen LogP contribution in [-0.2, 0) is 0 Å². The lowest BCUT2D eigenvalue weighted by atomic mass is 9.97. The van der Waals surface area contributed by atoms with Gasteiger partial charge in [-0.2, -0.15) is 10.5 Å². The largest absolute Gasteiger partial charge is 0.310 e. The Kier molecular flexibility index (Phi) is 3.64. The highest BCUT2D eigenvalue weighted by atomic mass is 32.5. The lowest BCUT2D eigenvalue weighted by Crippen LogP contribution is -2.11. The molecule has 0 atom stereocenters. The predicted molar refractivity (Wildman–Crippen MR) is 84.1 cm³/mol. The molecule has 0 bridgehead atoms. The Balaban J connectivity index is 3.06. The maximum absolute atomic E-state index is 13.1. The first-order chi connectivity index (χ1) is 12.1. The van der Waals surface area contributed by atoms with Gasteiger partial charge in [-0.25, -0.2) is 0 Å². The minimum absolute atomic E-state index is 0.466. The van der Waals surface area contributed by atoms with E-state index in [1.165, 1.54) is 12.1 Å². The number of halogens is 10. The topological polar surface area (TPSA) is 47.6 Å². The molecule has 0 amide bonds.